The number of methoxy groups -OCH3 is 1. The van der Waals surface area contributed by atoms with Crippen LogP contribution in [0.5, 0.6) is 0 Å². The van der Waals surface area contributed by atoms with E-state index in [1.54, 1.807) is 19.1 Å². The molecule has 3 nitrogen and oxygen atoms in total. The molecule has 17 heavy (non-hydrogen) atoms. The van der Waals surface area contributed by atoms with E-state index in [2.05, 4.69) is 4.74 Å². The summed E-state index contributed by atoms with van der Waals surface area (Å²) < 4.78 is 17.9. The summed E-state index contributed by atoms with van der Waals surface area (Å²) in [7, 11) is 1.33. The zero-order chi connectivity index (χ0) is 12.8. The second kappa shape index (κ2) is 6.26. The second-order valence-corrected chi connectivity index (χ2v) is 4.52. The van der Waals surface area contributed by atoms with Gasteiger partial charge in [-0.2, -0.15) is 5.26 Å². The molecule has 0 radical (unpaired) electrons. The van der Waals surface area contributed by atoms with Crippen LogP contribution in [0, 0.1) is 23.1 Å². The van der Waals surface area contributed by atoms with Crippen molar-refractivity contribution >= 4 is 17.7 Å². The fourth-order valence-electron chi connectivity index (χ4n) is 1.22. The van der Waals surface area contributed by atoms with E-state index >= 15 is 0 Å². The SMILES string of the molecule is COC(=O)[C@H](C)CSc1cccc(F)c1C#N. The van der Waals surface area contributed by atoms with Crippen LogP contribution >= 0.6 is 11.8 Å². The number of esters is 1. The molecule has 0 aliphatic heterocycles. The first kappa shape index (κ1) is 13.5. The highest BCUT2D eigenvalue weighted by Crippen LogP contribution is 2.26. The Morgan fingerprint density at radius 3 is 2.94 bits per heavy atom. The maximum Gasteiger partial charge on any atom is 0.309 e. The lowest BCUT2D eigenvalue weighted by Gasteiger charge is -2.09. The van der Waals surface area contributed by atoms with Gasteiger partial charge in [-0.3, -0.25) is 4.79 Å². The first-order valence-electron chi connectivity index (χ1n) is 4.99. The van der Waals surface area contributed by atoms with Crippen LogP contribution < -0.4 is 0 Å². The molecule has 0 aliphatic rings. The van der Waals surface area contributed by atoms with Crippen LogP contribution in [0.1, 0.15) is 12.5 Å². The summed E-state index contributed by atoms with van der Waals surface area (Å²) in [5.74, 6) is -0.694. The summed E-state index contributed by atoms with van der Waals surface area (Å²) in [4.78, 5) is 11.7. The van der Waals surface area contributed by atoms with Crippen molar-refractivity contribution in [3.8, 4) is 6.07 Å². The largest absolute Gasteiger partial charge is 0.469 e. The van der Waals surface area contributed by atoms with Crippen LogP contribution in [-0.2, 0) is 9.53 Å². The monoisotopic (exact) mass is 253 g/mol. The van der Waals surface area contributed by atoms with Crippen LogP contribution in [0.15, 0.2) is 23.1 Å². The molecule has 0 amide bonds. The molecular weight excluding hydrogens is 241 g/mol. The minimum absolute atomic E-state index is 0.0227. The maximum absolute atomic E-state index is 13.3. The average Bonchev–Trinajstić information content (AvgIpc) is 2.34. The summed E-state index contributed by atoms with van der Waals surface area (Å²) in [6, 6.07) is 6.27. The Kier molecular flexibility index (Phi) is 4.98. The Labute approximate surface area is 104 Å². The molecule has 0 fully saturated rings. The lowest BCUT2D eigenvalue weighted by atomic mass is 10.2. The molecule has 0 saturated heterocycles. The molecule has 0 bridgehead atoms. The van der Waals surface area contributed by atoms with E-state index in [1.807, 2.05) is 6.07 Å². The predicted molar refractivity (Wildman–Crippen MR) is 63.0 cm³/mol. The highest BCUT2D eigenvalue weighted by molar-refractivity contribution is 7.99. The fourth-order valence-corrected chi connectivity index (χ4v) is 2.25. The molecule has 1 atom stereocenters. The van der Waals surface area contributed by atoms with E-state index in [0.717, 1.165) is 0 Å². The summed E-state index contributed by atoms with van der Waals surface area (Å²) in [5, 5.41) is 8.82. The Bertz CT molecular complexity index is 456. The standard InChI is InChI=1S/C12H12FNO2S/c1-8(12(15)16-2)7-17-11-5-3-4-10(13)9(11)6-14/h3-5,8H,7H2,1-2H3/t8-/m1/s1. The van der Waals surface area contributed by atoms with E-state index in [9.17, 15) is 9.18 Å². The van der Waals surface area contributed by atoms with Crippen molar-refractivity contribution < 1.29 is 13.9 Å². The Morgan fingerprint density at radius 1 is 1.65 bits per heavy atom. The molecule has 0 heterocycles. The maximum atomic E-state index is 13.3. The number of hydrogen-bond donors (Lipinski definition) is 0. The quantitative estimate of drug-likeness (QED) is 0.611. The highest BCUT2D eigenvalue weighted by atomic mass is 32.2. The molecule has 0 aromatic heterocycles. The third kappa shape index (κ3) is 3.46. The van der Waals surface area contributed by atoms with Crippen molar-refractivity contribution in [2.45, 2.75) is 11.8 Å². The van der Waals surface area contributed by atoms with Crippen molar-refractivity contribution in [3.63, 3.8) is 0 Å². The normalized spacial score (nSPS) is 11.6. The van der Waals surface area contributed by atoms with Crippen molar-refractivity contribution in [1.29, 1.82) is 5.26 Å². The first-order chi connectivity index (χ1) is 8.10. The van der Waals surface area contributed by atoms with Gasteiger partial charge in [0.05, 0.1) is 13.0 Å². The van der Waals surface area contributed by atoms with Crippen molar-refractivity contribution in [2.75, 3.05) is 12.9 Å². The van der Waals surface area contributed by atoms with Crippen LogP contribution in [0.3, 0.4) is 0 Å². The van der Waals surface area contributed by atoms with E-state index in [-0.39, 0.29) is 17.5 Å². The van der Waals surface area contributed by atoms with Crippen molar-refractivity contribution in [3.05, 3.63) is 29.6 Å². The van der Waals surface area contributed by atoms with Crippen LogP contribution in [0.25, 0.3) is 0 Å². The second-order valence-electron chi connectivity index (χ2n) is 3.46. The van der Waals surface area contributed by atoms with Crippen LogP contribution in [0.4, 0.5) is 4.39 Å². The van der Waals surface area contributed by atoms with Gasteiger partial charge in [-0.15, -0.1) is 11.8 Å². The van der Waals surface area contributed by atoms with Crippen molar-refractivity contribution in [2.24, 2.45) is 5.92 Å². The third-order valence-corrected chi connectivity index (χ3v) is 3.50. The van der Waals surface area contributed by atoms with Gasteiger partial charge < -0.3 is 4.74 Å². The summed E-state index contributed by atoms with van der Waals surface area (Å²) in [6.07, 6.45) is 0. The zero-order valence-corrected chi connectivity index (χ0v) is 10.4. The van der Waals surface area contributed by atoms with Gasteiger partial charge in [-0.1, -0.05) is 13.0 Å². The molecular formula is C12H12FNO2S. The number of carbonyl (C=O) groups excluding carboxylic acids is 1. The molecule has 1 rings (SSSR count). The minimum atomic E-state index is -0.539. The van der Waals surface area contributed by atoms with Gasteiger partial charge in [-0.05, 0) is 12.1 Å². The fraction of sp³-hybridized carbons (Fsp3) is 0.333. The number of thioether (sulfide) groups is 1. The smallest absolute Gasteiger partial charge is 0.309 e. The molecule has 0 spiro atoms. The van der Waals surface area contributed by atoms with Gasteiger partial charge >= 0.3 is 5.97 Å². The third-order valence-electron chi connectivity index (χ3n) is 2.18. The summed E-state index contributed by atoms with van der Waals surface area (Å²) >= 11 is 1.27. The van der Waals surface area contributed by atoms with Crippen LogP contribution in [0.2, 0.25) is 0 Å². The van der Waals surface area contributed by atoms with Crippen molar-refractivity contribution in [1.82, 2.24) is 0 Å². The number of carbonyl (C=O) groups is 1. The van der Waals surface area contributed by atoms with Gasteiger partial charge in [0.25, 0.3) is 0 Å². The van der Waals surface area contributed by atoms with E-state index in [4.69, 9.17) is 5.26 Å². The van der Waals surface area contributed by atoms with E-state index < -0.39 is 5.82 Å². The summed E-state index contributed by atoms with van der Waals surface area (Å²) in [6.45, 7) is 1.73. The molecule has 1 aromatic carbocycles. The van der Waals surface area contributed by atoms with Crippen LogP contribution in [-0.4, -0.2) is 18.8 Å². The molecule has 0 unspecified atom stereocenters. The topological polar surface area (TPSA) is 50.1 Å². The first-order valence-corrected chi connectivity index (χ1v) is 5.98. The number of nitrogens with zero attached hydrogens (tertiary/aromatic N) is 1. The number of ether oxygens (including phenoxy) is 1. The lowest BCUT2D eigenvalue weighted by molar-refractivity contribution is -0.143. The molecule has 0 aliphatic carbocycles. The molecule has 0 N–H and O–H groups in total. The Hall–Kier alpha value is -1.54. The Morgan fingerprint density at radius 2 is 2.35 bits per heavy atom. The highest BCUT2D eigenvalue weighted by Gasteiger charge is 2.15. The number of benzene rings is 1. The number of nitriles is 1. The zero-order valence-electron chi connectivity index (χ0n) is 9.57. The molecule has 0 saturated carbocycles. The molecule has 90 valence electrons. The average molecular weight is 253 g/mol. The Balaban J connectivity index is 2.74. The number of rotatable bonds is 4. The van der Waals surface area contributed by atoms with Gasteiger partial charge in [0.15, 0.2) is 0 Å². The lowest BCUT2D eigenvalue weighted by Crippen LogP contribution is -2.14. The van der Waals surface area contributed by atoms with Gasteiger partial charge in [0.1, 0.15) is 17.4 Å². The number of hydrogen-bond acceptors (Lipinski definition) is 4. The summed E-state index contributed by atoms with van der Waals surface area (Å²) in [5.41, 5.74) is 0.0227. The predicted octanol–water partition coefficient (Wildman–Crippen LogP) is 2.60. The molecule has 1 aromatic rings. The van der Waals surface area contributed by atoms with Gasteiger partial charge in [0, 0.05) is 10.6 Å². The van der Waals surface area contributed by atoms with Gasteiger partial charge in [-0.25, -0.2) is 4.39 Å². The minimum Gasteiger partial charge on any atom is -0.469 e. The van der Waals surface area contributed by atoms with E-state index in [0.29, 0.717) is 10.6 Å². The van der Waals surface area contributed by atoms with E-state index in [1.165, 1.54) is 24.9 Å². The molecule has 5 heteroatoms. The van der Waals surface area contributed by atoms with Gasteiger partial charge in [0.2, 0.25) is 0 Å². The number of halogens is 1.